The van der Waals surface area contributed by atoms with Crippen molar-refractivity contribution in [3.8, 4) is 42.0 Å². The van der Waals surface area contributed by atoms with E-state index < -0.39 is 0 Å². The number of nitrogens with zero attached hydrogens (tertiary/aromatic N) is 2. The molecule has 0 aliphatic heterocycles. The third-order valence-corrected chi connectivity index (χ3v) is 8.80. The van der Waals surface area contributed by atoms with Crippen LogP contribution in [0.4, 0.5) is 0 Å². The molecule has 0 saturated carbocycles. The molecule has 2 nitrogen and oxygen atoms in total. The van der Waals surface area contributed by atoms with Gasteiger partial charge in [0.25, 0.3) is 0 Å². The molecule has 0 unspecified atom stereocenters. The van der Waals surface area contributed by atoms with Gasteiger partial charge in [-0.3, -0.25) is 9.97 Å². The Bertz CT molecular complexity index is 1270. The zero-order valence-electron chi connectivity index (χ0n) is 21.0. The van der Waals surface area contributed by atoms with Gasteiger partial charge in [-0.25, -0.2) is 0 Å². The minimum absolute atomic E-state index is 0.925. The van der Waals surface area contributed by atoms with Gasteiger partial charge in [-0.2, -0.15) is 0 Å². The van der Waals surface area contributed by atoms with E-state index in [1.165, 1.54) is 57.7 Å². The summed E-state index contributed by atoms with van der Waals surface area (Å²) in [5.74, 6) is 0. The molecule has 4 heteroatoms. The first-order chi connectivity index (χ1) is 17.7. The summed E-state index contributed by atoms with van der Waals surface area (Å²) < 4.78 is 0. The largest absolute Gasteiger partial charge is 0.251 e. The number of hydrogen-bond donors (Lipinski definition) is 0. The lowest BCUT2D eigenvalue weighted by atomic mass is 10.1. The van der Waals surface area contributed by atoms with Crippen LogP contribution in [0.2, 0.25) is 0 Å². The fourth-order valence-corrected chi connectivity index (χ4v) is 6.22. The van der Waals surface area contributed by atoms with Crippen LogP contribution in [0.3, 0.4) is 0 Å². The summed E-state index contributed by atoms with van der Waals surface area (Å²) in [7, 11) is 0. The molecule has 0 spiro atoms. The van der Waals surface area contributed by atoms with Gasteiger partial charge >= 0.3 is 0 Å². The molecule has 2 aromatic carbocycles. The molecule has 3 aromatic heterocycles. The van der Waals surface area contributed by atoms with E-state index in [2.05, 4.69) is 86.6 Å². The van der Waals surface area contributed by atoms with Gasteiger partial charge < -0.3 is 0 Å². The Kier molecular flexibility index (Phi) is 8.04. The number of hydrogen-bond acceptors (Lipinski definition) is 4. The SMILES string of the molecule is CCCCc1ccc(-c2ccc(-c3cnc(-c4ccc(-c5ccc(CCCC)cc5)s4)cn3)s2)cc1. The molecular weight excluding hydrogens is 477 g/mol. The molecule has 0 amide bonds. The highest BCUT2D eigenvalue weighted by molar-refractivity contribution is 7.19. The van der Waals surface area contributed by atoms with Crippen LogP contribution in [0.15, 0.2) is 85.2 Å². The minimum Gasteiger partial charge on any atom is -0.251 e. The molecular formula is C32H32N2S2. The maximum atomic E-state index is 4.76. The molecule has 0 aliphatic carbocycles. The second-order valence-electron chi connectivity index (χ2n) is 9.22. The topological polar surface area (TPSA) is 25.8 Å². The fourth-order valence-electron chi connectivity index (χ4n) is 4.28. The van der Waals surface area contributed by atoms with Crippen molar-refractivity contribution in [2.45, 2.75) is 52.4 Å². The molecule has 0 bridgehead atoms. The molecule has 0 N–H and O–H groups in total. The molecule has 0 fully saturated rings. The Balaban J connectivity index is 1.27. The third kappa shape index (κ3) is 5.83. The molecule has 0 saturated heterocycles. The minimum atomic E-state index is 0.925. The van der Waals surface area contributed by atoms with Gasteiger partial charge in [0.1, 0.15) is 0 Å². The Morgan fingerprint density at radius 1 is 0.500 bits per heavy atom. The van der Waals surface area contributed by atoms with E-state index >= 15 is 0 Å². The van der Waals surface area contributed by atoms with Crippen LogP contribution in [0, 0.1) is 0 Å². The summed E-state index contributed by atoms with van der Waals surface area (Å²) in [5.41, 5.74) is 7.21. The Labute approximate surface area is 222 Å². The van der Waals surface area contributed by atoms with Gasteiger partial charge in [0.05, 0.1) is 33.5 Å². The Morgan fingerprint density at radius 2 is 0.889 bits per heavy atom. The van der Waals surface area contributed by atoms with Crippen LogP contribution in [0.25, 0.3) is 42.0 Å². The van der Waals surface area contributed by atoms with Crippen LogP contribution in [0.5, 0.6) is 0 Å². The number of aryl methyl sites for hydroxylation is 2. The van der Waals surface area contributed by atoms with Crippen molar-refractivity contribution in [1.29, 1.82) is 0 Å². The average molecular weight is 509 g/mol. The molecule has 182 valence electrons. The summed E-state index contributed by atoms with van der Waals surface area (Å²) in [4.78, 5) is 14.3. The zero-order chi connectivity index (χ0) is 24.7. The van der Waals surface area contributed by atoms with E-state index in [1.54, 1.807) is 22.7 Å². The molecule has 3 heterocycles. The van der Waals surface area contributed by atoms with Gasteiger partial charge in [-0.05, 0) is 72.2 Å². The Hall–Kier alpha value is -3.08. The van der Waals surface area contributed by atoms with Gasteiger partial charge in [0, 0.05) is 9.75 Å². The number of rotatable bonds is 10. The lowest BCUT2D eigenvalue weighted by molar-refractivity contribution is 0.795. The number of benzene rings is 2. The average Bonchev–Trinajstić information content (AvgIpc) is 3.62. The van der Waals surface area contributed by atoms with Crippen LogP contribution >= 0.6 is 22.7 Å². The molecule has 0 radical (unpaired) electrons. The highest BCUT2D eigenvalue weighted by Gasteiger charge is 2.10. The number of thiophene rings is 2. The van der Waals surface area contributed by atoms with Crippen LogP contribution in [-0.2, 0) is 12.8 Å². The standard InChI is InChI=1S/C32H32N2S2/c1-3-5-7-23-9-13-25(14-10-23)29-17-19-31(35-29)27-21-34-28(22-33-27)32-20-18-30(36-32)26-15-11-24(12-16-26)8-6-4-2/h9-22H,3-8H2,1-2H3. The van der Waals surface area contributed by atoms with E-state index in [0.717, 1.165) is 34.0 Å². The van der Waals surface area contributed by atoms with Crippen LogP contribution in [0.1, 0.15) is 50.7 Å². The van der Waals surface area contributed by atoms with Gasteiger partial charge in [0.15, 0.2) is 0 Å². The van der Waals surface area contributed by atoms with Crippen molar-refractivity contribution < 1.29 is 0 Å². The summed E-state index contributed by atoms with van der Waals surface area (Å²) in [6.45, 7) is 4.48. The van der Waals surface area contributed by atoms with E-state index in [0.29, 0.717) is 0 Å². The van der Waals surface area contributed by atoms with E-state index in [1.807, 2.05) is 12.4 Å². The first kappa shape index (κ1) is 24.6. The van der Waals surface area contributed by atoms with Gasteiger partial charge in [-0.15, -0.1) is 22.7 Å². The van der Waals surface area contributed by atoms with Crippen molar-refractivity contribution in [2.24, 2.45) is 0 Å². The van der Waals surface area contributed by atoms with Crippen molar-refractivity contribution in [2.75, 3.05) is 0 Å². The first-order valence-corrected chi connectivity index (χ1v) is 14.6. The summed E-state index contributed by atoms with van der Waals surface area (Å²) >= 11 is 3.54. The molecule has 5 aromatic rings. The molecule has 0 atom stereocenters. The van der Waals surface area contributed by atoms with Crippen molar-refractivity contribution in [1.82, 2.24) is 9.97 Å². The van der Waals surface area contributed by atoms with E-state index in [4.69, 9.17) is 9.97 Å². The van der Waals surface area contributed by atoms with E-state index in [9.17, 15) is 0 Å². The second-order valence-corrected chi connectivity index (χ2v) is 11.4. The first-order valence-electron chi connectivity index (χ1n) is 12.9. The Morgan fingerprint density at radius 3 is 1.25 bits per heavy atom. The third-order valence-electron chi connectivity index (χ3n) is 6.48. The molecule has 36 heavy (non-hydrogen) atoms. The summed E-state index contributed by atoms with van der Waals surface area (Å²) in [5, 5.41) is 0. The van der Waals surface area contributed by atoms with Gasteiger partial charge in [0.2, 0.25) is 0 Å². The monoisotopic (exact) mass is 508 g/mol. The lowest BCUT2D eigenvalue weighted by Gasteiger charge is -2.02. The highest BCUT2D eigenvalue weighted by atomic mass is 32.1. The second kappa shape index (κ2) is 11.8. The number of aromatic nitrogens is 2. The maximum absolute atomic E-state index is 4.76. The zero-order valence-corrected chi connectivity index (χ0v) is 22.7. The van der Waals surface area contributed by atoms with Crippen LogP contribution < -0.4 is 0 Å². The van der Waals surface area contributed by atoms with Crippen LogP contribution in [-0.4, -0.2) is 9.97 Å². The molecule has 5 rings (SSSR count). The van der Waals surface area contributed by atoms with Gasteiger partial charge in [-0.1, -0.05) is 75.2 Å². The van der Waals surface area contributed by atoms with Crippen molar-refractivity contribution >= 4 is 22.7 Å². The lowest BCUT2D eigenvalue weighted by Crippen LogP contribution is -1.85. The summed E-state index contributed by atoms with van der Waals surface area (Å²) in [6, 6.07) is 26.7. The fraction of sp³-hybridized carbons (Fsp3) is 0.250. The predicted octanol–water partition coefficient (Wildman–Crippen LogP) is 9.95. The smallest absolute Gasteiger partial charge is 0.0985 e. The number of unbranched alkanes of at least 4 members (excludes halogenated alkanes) is 2. The molecule has 0 aliphatic rings. The normalized spacial score (nSPS) is 11.2. The van der Waals surface area contributed by atoms with Crippen molar-refractivity contribution in [3.05, 3.63) is 96.3 Å². The maximum Gasteiger partial charge on any atom is 0.0985 e. The predicted molar refractivity (Wildman–Crippen MR) is 157 cm³/mol. The van der Waals surface area contributed by atoms with E-state index in [-0.39, 0.29) is 0 Å². The quantitative estimate of drug-likeness (QED) is 0.187. The van der Waals surface area contributed by atoms with Crippen molar-refractivity contribution in [3.63, 3.8) is 0 Å². The summed E-state index contributed by atoms with van der Waals surface area (Å²) in [6.07, 6.45) is 11.1. The highest BCUT2D eigenvalue weighted by Crippen LogP contribution is 2.36.